The maximum atomic E-state index is 13.2. The molecule has 152 valence electrons. The number of aromatic amines is 1. The standard InChI is InChI=1S/C17H24N6O5/c1-2-22-11(12(24)15(22)27)14(26)23-5-3-4-17(23,16(19)28)13(25)10(18)6-9-7-20-8-21-9/h7-8,10-11,15,27H,2-6,18H2,1H3,(H2,19,28)(H,20,21)/t10-,11-,15?,17+/m0/s1. The van der Waals surface area contributed by atoms with E-state index in [1.54, 1.807) is 6.92 Å². The number of hydrogen-bond donors (Lipinski definition) is 4. The average Bonchev–Trinajstić information content (AvgIpc) is 3.34. The summed E-state index contributed by atoms with van der Waals surface area (Å²) < 4.78 is 0. The summed E-state index contributed by atoms with van der Waals surface area (Å²) >= 11 is 0. The highest BCUT2D eigenvalue weighted by Gasteiger charge is 2.60. The van der Waals surface area contributed by atoms with E-state index in [4.69, 9.17) is 11.5 Å². The molecule has 1 unspecified atom stereocenters. The lowest BCUT2D eigenvalue weighted by molar-refractivity contribution is -0.180. The Morgan fingerprint density at radius 1 is 1.46 bits per heavy atom. The third-order valence-electron chi connectivity index (χ3n) is 5.56. The van der Waals surface area contributed by atoms with Gasteiger partial charge in [0.05, 0.1) is 12.4 Å². The minimum absolute atomic E-state index is 0.0408. The molecule has 3 heterocycles. The zero-order chi connectivity index (χ0) is 20.6. The van der Waals surface area contributed by atoms with Crippen molar-refractivity contribution in [2.24, 2.45) is 11.5 Å². The van der Waals surface area contributed by atoms with E-state index >= 15 is 0 Å². The van der Waals surface area contributed by atoms with Gasteiger partial charge in [0.1, 0.15) is 0 Å². The Bertz CT molecular complexity index is 796. The van der Waals surface area contributed by atoms with Gasteiger partial charge in [-0.25, -0.2) is 4.98 Å². The van der Waals surface area contributed by atoms with Crippen LogP contribution >= 0.6 is 0 Å². The zero-order valence-corrected chi connectivity index (χ0v) is 15.5. The number of nitrogens with two attached hydrogens (primary N) is 2. The number of H-pyrrole nitrogens is 1. The average molecular weight is 392 g/mol. The number of ketones is 2. The number of hydrogen-bond acceptors (Lipinski definition) is 8. The largest absolute Gasteiger partial charge is 0.371 e. The summed E-state index contributed by atoms with van der Waals surface area (Å²) in [6, 6.07) is -2.32. The van der Waals surface area contributed by atoms with Crippen molar-refractivity contribution >= 4 is 23.4 Å². The minimum Gasteiger partial charge on any atom is -0.371 e. The van der Waals surface area contributed by atoms with Crippen molar-refractivity contribution in [2.45, 2.75) is 50.0 Å². The Hall–Kier alpha value is -2.63. The lowest BCUT2D eigenvalue weighted by atomic mass is 9.83. The van der Waals surface area contributed by atoms with Gasteiger partial charge in [-0.2, -0.15) is 0 Å². The fraction of sp³-hybridized carbons (Fsp3) is 0.588. The summed E-state index contributed by atoms with van der Waals surface area (Å²) in [6.45, 7) is 2.04. The van der Waals surface area contributed by atoms with Crippen molar-refractivity contribution in [3.63, 3.8) is 0 Å². The number of carbonyl (C=O) groups is 4. The van der Waals surface area contributed by atoms with Crippen LogP contribution in [0.4, 0.5) is 0 Å². The molecule has 11 heteroatoms. The molecule has 0 saturated carbocycles. The monoisotopic (exact) mass is 392 g/mol. The molecule has 2 aliphatic rings. The molecule has 28 heavy (non-hydrogen) atoms. The summed E-state index contributed by atoms with van der Waals surface area (Å²) in [5.41, 5.74) is 10.3. The Morgan fingerprint density at radius 3 is 2.75 bits per heavy atom. The van der Waals surface area contributed by atoms with Crippen LogP contribution in [0.1, 0.15) is 25.5 Å². The van der Waals surface area contributed by atoms with Crippen LogP contribution in [0.15, 0.2) is 12.5 Å². The van der Waals surface area contributed by atoms with Crippen molar-refractivity contribution in [1.82, 2.24) is 19.8 Å². The number of rotatable bonds is 7. The summed E-state index contributed by atoms with van der Waals surface area (Å²) in [6.07, 6.45) is 2.09. The number of primary amides is 1. The molecular weight excluding hydrogens is 368 g/mol. The molecule has 2 saturated heterocycles. The second-order valence-corrected chi connectivity index (χ2v) is 7.08. The first kappa shape index (κ1) is 20.1. The van der Waals surface area contributed by atoms with Crippen molar-refractivity contribution in [3.8, 4) is 0 Å². The van der Waals surface area contributed by atoms with Gasteiger partial charge in [0, 0.05) is 24.9 Å². The predicted octanol–water partition coefficient (Wildman–Crippen LogP) is -2.71. The summed E-state index contributed by atoms with van der Waals surface area (Å²) in [4.78, 5) is 59.7. The highest BCUT2D eigenvalue weighted by Crippen LogP contribution is 2.34. The Morgan fingerprint density at radius 2 is 2.18 bits per heavy atom. The predicted molar refractivity (Wildman–Crippen MR) is 95.3 cm³/mol. The van der Waals surface area contributed by atoms with Crippen molar-refractivity contribution in [2.75, 3.05) is 13.1 Å². The normalized spacial score (nSPS) is 28.8. The first-order chi connectivity index (χ1) is 13.3. The van der Waals surface area contributed by atoms with Crippen LogP contribution < -0.4 is 11.5 Å². The van der Waals surface area contributed by atoms with E-state index in [1.807, 2.05) is 0 Å². The van der Waals surface area contributed by atoms with E-state index in [0.29, 0.717) is 12.1 Å². The van der Waals surface area contributed by atoms with E-state index in [1.165, 1.54) is 17.4 Å². The molecule has 2 fully saturated rings. The van der Waals surface area contributed by atoms with Crippen LogP contribution in [0, 0.1) is 0 Å². The molecule has 2 aliphatic heterocycles. The number of aromatic nitrogens is 2. The minimum atomic E-state index is -1.91. The number of likely N-dealkylation sites (N-methyl/N-ethyl adjacent to an activating group) is 1. The van der Waals surface area contributed by atoms with E-state index in [9.17, 15) is 24.3 Å². The molecule has 3 rings (SSSR count). The molecule has 1 aromatic rings. The van der Waals surface area contributed by atoms with Crippen molar-refractivity contribution < 1.29 is 24.3 Å². The van der Waals surface area contributed by atoms with Crippen molar-refractivity contribution in [1.29, 1.82) is 0 Å². The molecule has 11 nitrogen and oxygen atoms in total. The molecule has 4 atom stereocenters. The van der Waals surface area contributed by atoms with Crippen LogP contribution in [0.25, 0.3) is 0 Å². The van der Waals surface area contributed by atoms with Crippen molar-refractivity contribution in [3.05, 3.63) is 18.2 Å². The Balaban J connectivity index is 1.88. The quantitative estimate of drug-likeness (QED) is 0.362. The SMILES string of the molecule is CCN1C(O)C(=O)[C@H]1C(=O)N1CCC[C@]1(C(N)=O)C(=O)[C@@H](N)Cc1cnc[nH]1. The van der Waals surface area contributed by atoms with E-state index in [0.717, 1.165) is 4.90 Å². The van der Waals surface area contributed by atoms with Gasteiger partial charge in [-0.05, 0) is 19.4 Å². The lowest BCUT2D eigenvalue weighted by Gasteiger charge is -2.45. The third-order valence-corrected chi connectivity index (χ3v) is 5.56. The number of amides is 2. The summed E-state index contributed by atoms with van der Waals surface area (Å²) in [5, 5.41) is 9.74. The number of aliphatic hydroxyl groups is 1. The van der Waals surface area contributed by atoms with E-state index in [2.05, 4.69) is 9.97 Å². The van der Waals surface area contributed by atoms with E-state index in [-0.39, 0.29) is 25.9 Å². The van der Waals surface area contributed by atoms with Gasteiger partial charge in [-0.3, -0.25) is 24.1 Å². The van der Waals surface area contributed by atoms with Crippen LogP contribution in [0.5, 0.6) is 0 Å². The molecule has 0 aromatic carbocycles. The highest BCUT2D eigenvalue weighted by molar-refractivity contribution is 6.18. The summed E-state index contributed by atoms with van der Waals surface area (Å²) in [5.74, 6) is -3.02. The smallest absolute Gasteiger partial charge is 0.251 e. The van der Waals surface area contributed by atoms with Gasteiger partial charge in [-0.15, -0.1) is 0 Å². The first-order valence-corrected chi connectivity index (χ1v) is 9.11. The number of carbonyl (C=O) groups excluding carboxylic acids is 4. The molecule has 6 N–H and O–H groups in total. The molecule has 0 spiro atoms. The molecule has 0 bridgehead atoms. The maximum Gasteiger partial charge on any atom is 0.251 e. The van der Waals surface area contributed by atoms with E-state index < -0.39 is 47.2 Å². The second kappa shape index (κ2) is 7.41. The van der Waals surface area contributed by atoms with Crippen LogP contribution in [-0.4, -0.2) is 85.2 Å². The number of nitrogens with one attached hydrogen (secondary N) is 1. The first-order valence-electron chi connectivity index (χ1n) is 9.11. The highest BCUT2D eigenvalue weighted by atomic mass is 16.3. The fourth-order valence-electron chi connectivity index (χ4n) is 4.08. The molecule has 0 aliphatic carbocycles. The Labute approximate surface area is 161 Å². The molecule has 0 radical (unpaired) electrons. The topological polar surface area (TPSA) is 176 Å². The number of aliphatic hydroxyl groups excluding tert-OH is 1. The zero-order valence-electron chi connectivity index (χ0n) is 15.5. The van der Waals surface area contributed by atoms with Crippen LogP contribution in [0.2, 0.25) is 0 Å². The maximum absolute atomic E-state index is 13.2. The molecular formula is C17H24N6O5. The third kappa shape index (κ3) is 2.91. The van der Waals surface area contributed by atoms with Gasteiger partial charge in [0.25, 0.3) is 5.91 Å². The van der Waals surface area contributed by atoms with Gasteiger partial charge in [0.15, 0.2) is 23.6 Å². The number of Topliss-reactive ketones (excluding diaryl/α,β-unsaturated/α-hetero) is 2. The van der Waals surface area contributed by atoms with Gasteiger partial charge < -0.3 is 26.5 Å². The number of imidazole rings is 1. The summed E-state index contributed by atoms with van der Waals surface area (Å²) in [7, 11) is 0. The van der Waals surface area contributed by atoms with Gasteiger partial charge in [-0.1, -0.05) is 6.92 Å². The molecule has 2 amide bonds. The Kier molecular flexibility index (Phi) is 5.33. The van der Waals surface area contributed by atoms with Crippen LogP contribution in [0.3, 0.4) is 0 Å². The number of likely N-dealkylation sites (tertiary alicyclic amines) is 2. The molecule has 1 aromatic heterocycles. The van der Waals surface area contributed by atoms with Crippen LogP contribution in [-0.2, 0) is 25.6 Å². The van der Waals surface area contributed by atoms with Gasteiger partial charge in [0.2, 0.25) is 11.7 Å². The second-order valence-electron chi connectivity index (χ2n) is 7.08. The fourth-order valence-corrected chi connectivity index (χ4v) is 4.08. The lowest BCUT2D eigenvalue weighted by Crippen LogP contribution is -2.73. The number of nitrogens with zero attached hydrogens (tertiary/aromatic N) is 3. The van der Waals surface area contributed by atoms with Gasteiger partial charge >= 0.3 is 0 Å².